The molecule has 1 fully saturated rings. The highest BCUT2D eigenvalue weighted by molar-refractivity contribution is 5.77. The molecule has 0 unspecified atom stereocenters. The standard InChI is InChI=1S/C19H25NO10/c1-9(22)27-15-14(24)19(29-13-6-5-11(8-21)7-12(13)20-3)30-17(18(25)26-4)16(15)28-10(2)23/h5-7,14-17,19-21,24H,8H2,1-4H3/t14-,15-,16+,17+,19-/m1/s1. The van der Waals surface area contributed by atoms with Crippen LogP contribution >= 0.6 is 0 Å². The fourth-order valence-corrected chi connectivity index (χ4v) is 2.97. The number of anilines is 1. The van der Waals surface area contributed by atoms with E-state index >= 15 is 0 Å². The lowest BCUT2D eigenvalue weighted by molar-refractivity contribution is -0.278. The molecule has 3 N–H and O–H groups in total. The largest absolute Gasteiger partial charge is 0.467 e. The van der Waals surface area contributed by atoms with Crippen LogP contribution in [-0.4, -0.2) is 73.0 Å². The van der Waals surface area contributed by atoms with Crippen LogP contribution in [0.4, 0.5) is 5.69 Å². The fraction of sp³-hybridized carbons (Fsp3) is 0.526. The Morgan fingerprint density at radius 3 is 2.30 bits per heavy atom. The van der Waals surface area contributed by atoms with Crippen LogP contribution in [0.15, 0.2) is 18.2 Å². The molecule has 1 aromatic carbocycles. The Balaban J connectivity index is 2.39. The van der Waals surface area contributed by atoms with Gasteiger partial charge in [-0.15, -0.1) is 0 Å². The first-order chi connectivity index (χ1) is 14.2. The molecule has 30 heavy (non-hydrogen) atoms. The lowest BCUT2D eigenvalue weighted by atomic mass is 9.98. The van der Waals surface area contributed by atoms with Gasteiger partial charge in [0.2, 0.25) is 6.29 Å². The van der Waals surface area contributed by atoms with Crippen LogP contribution in [0.25, 0.3) is 0 Å². The molecule has 11 heteroatoms. The SMILES string of the molecule is CNc1cc(CO)ccc1O[C@@H]1O[C@H](C(=O)OC)[C@@H](OC(C)=O)[C@H](OC(C)=O)[C@H]1O. The van der Waals surface area contributed by atoms with E-state index in [-0.39, 0.29) is 12.4 Å². The molecule has 0 bridgehead atoms. The van der Waals surface area contributed by atoms with Crippen LogP contribution in [0.5, 0.6) is 5.75 Å². The Kier molecular flexibility index (Phi) is 7.98. The molecule has 11 nitrogen and oxygen atoms in total. The van der Waals surface area contributed by atoms with Crippen LogP contribution in [0.3, 0.4) is 0 Å². The van der Waals surface area contributed by atoms with Gasteiger partial charge in [-0.25, -0.2) is 4.79 Å². The summed E-state index contributed by atoms with van der Waals surface area (Å²) >= 11 is 0. The Bertz CT molecular complexity index is 783. The summed E-state index contributed by atoms with van der Waals surface area (Å²) < 4.78 is 26.2. The summed E-state index contributed by atoms with van der Waals surface area (Å²) in [4.78, 5) is 35.3. The topological polar surface area (TPSA) is 150 Å². The second-order valence-corrected chi connectivity index (χ2v) is 6.44. The van der Waals surface area contributed by atoms with E-state index in [1.54, 1.807) is 19.2 Å². The Morgan fingerprint density at radius 2 is 1.77 bits per heavy atom. The van der Waals surface area contributed by atoms with Gasteiger partial charge in [0.15, 0.2) is 24.4 Å². The second-order valence-electron chi connectivity index (χ2n) is 6.44. The minimum absolute atomic E-state index is 0.194. The monoisotopic (exact) mass is 427 g/mol. The zero-order chi connectivity index (χ0) is 22.4. The van der Waals surface area contributed by atoms with E-state index < -0.39 is 48.6 Å². The van der Waals surface area contributed by atoms with Crippen LogP contribution in [0.2, 0.25) is 0 Å². The van der Waals surface area contributed by atoms with Crippen molar-refractivity contribution in [2.75, 3.05) is 19.5 Å². The molecule has 0 aliphatic carbocycles. The van der Waals surface area contributed by atoms with Crippen molar-refractivity contribution >= 4 is 23.6 Å². The Hall–Kier alpha value is -2.89. The third-order valence-corrected chi connectivity index (χ3v) is 4.29. The van der Waals surface area contributed by atoms with Gasteiger partial charge in [0.1, 0.15) is 5.75 Å². The highest BCUT2D eigenvalue weighted by Gasteiger charge is 2.53. The predicted octanol–water partition coefficient (Wildman–Crippen LogP) is -0.278. The third-order valence-electron chi connectivity index (χ3n) is 4.29. The average Bonchev–Trinajstić information content (AvgIpc) is 2.71. The van der Waals surface area contributed by atoms with E-state index in [0.717, 1.165) is 21.0 Å². The smallest absolute Gasteiger partial charge is 0.339 e. The molecule has 1 aliphatic heterocycles. The van der Waals surface area contributed by atoms with Gasteiger partial charge in [-0.1, -0.05) is 6.07 Å². The summed E-state index contributed by atoms with van der Waals surface area (Å²) in [6.45, 7) is 2.00. The molecule has 166 valence electrons. The summed E-state index contributed by atoms with van der Waals surface area (Å²) in [7, 11) is 2.72. The number of carbonyl (C=O) groups excluding carboxylic acids is 3. The van der Waals surface area contributed by atoms with Crippen LogP contribution < -0.4 is 10.1 Å². The van der Waals surface area contributed by atoms with Crippen molar-refractivity contribution in [2.24, 2.45) is 0 Å². The maximum Gasteiger partial charge on any atom is 0.339 e. The maximum absolute atomic E-state index is 12.2. The molecular weight excluding hydrogens is 402 g/mol. The van der Waals surface area contributed by atoms with Crippen molar-refractivity contribution in [3.8, 4) is 5.75 Å². The molecule has 1 heterocycles. The molecule has 1 aliphatic rings. The van der Waals surface area contributed by atoms with Crippen molar-refractivity contribution in [2.45, 2.75) is 51.2 Å². The number of aliphatic hydroxyl groups excluding tert-OH is 2. The summed E-state index contributed by atoms with van der Waals surface area (Å²) in [5.41, 5.74) is 1.08. The number of methoxy groups -OCH3 is 1. The molecule has 0 saturated carbocycles. The minimum Gasteiger partial charge on any atom is -0.467 e. The van der Waals surface area contributed by atoms with E-state index in [0.29, 0.717) is 11.3 Å². The highest BCUT2D eigenvalue weighted by Crippen LogP contribution is 2.32. The van der Waals surface area contributed by atoms with Gasteiger partial charge in [0.25, 0.3) is 0 Å². The minimum atomic E-state index is -1.61. The second kappa shape index (κ2) is 10.2. The zero-order valence-electron chi connectivity index (χ0n) is 17.0. The first kappa shape index (κ1) is 23.4. The first-order valence-corrected chi connectivity index (χ1v) is 9.05. The molecule has 1 aromatic rings. The van der Waals surface area contributed by atoms with Crippen molar-refractivity contribution in [3.63, 3.8) is 0 Å². The lowest BCUT2D eigenvalue weighted by Gasteiger charge is -2.41. The highest BCUT2D eigenvalue weighted by atomic mass is 16.7. The average molecular weight is 427 g/mol. The normalized spacial score (nSPS) is 25.7. The number of esters is 3. The number of hydrogen-bond acceptors (Lipinski definition) is 11. The Labute approximate surface area is 172 Å². The van der Waals surface area contributed by atoms with E-state index in [1.807, 2.05) is 0 Å². The van der Waals surface area contributed by atoms with Crippen LogP contribution in [0.1, 0.15) is 19.4 Å². The Morgan fingerprint density at radius 1 is 1.13 bits per heavy atom. The molecular formula is C19H25NO10. The molecule has 0 spiro atoms. The van der Waals surface area contributed by atoms with Gasteiger partial charge in [-0.3, -0.25) is 9.59 Å². The zero-order valence-corrected chi connectivity index (χ0v) is 17.0. The number of hydrogen-bond donors (Lipinski definition) is 3. The number of aliphatic hydroxyl groups is 2. The van der Waals surface area contributed by atoms with Crippen molar-refractivity contribution in [1.29, 1.82) is 0 Å². The van der Waals surface area contributed by atoms with Gasteiger partial charge in [-0.05, 0) is 17.7 Å². The summed E-state index contributed by atoms with van der Waals surface area (Å²) in [5, 5.41) is 22.9. The third kappa shape index (κ3) is 5.38. The maximum atomic E-state index is 12.2. The van der Waals surface area contributed by atoms with E-state index in [2.05, 4.69) is 5.32 Å². The molecule has 1 saturated heterocycles. The summed E-state index contributed by atoms with van der Waals surface area (Å²) in [6.07, 6.45) is -7.51. The van der Waals surface area contributed by atoms with Crippen LogP contribution in [-0.2, 0) is 39.9 Å². The van der Waals surface area contributed by atoms with Crippen molar-refractivity contribution < 1.29 is 48.3 Å². The quantitative estimate of drug-likeness (QED) is 0.389. The number of ether oxygens (including phenoxy) is 5. The van der Waals surface area contributed by atoms with E-state index in [9.17, 15) is 24.6 Å². The molecule has 2 rings (SSSR count). The van der Waals surface area contributed by atoms with Crippen molar-refractivity contribution in [3.05, 3.63) is 23.8 Å². The van der Waals surface area contributed by atoms with E-state index in [4.69, 9.17) is 23.7 Å². The number of carbonyl (C=O) groups is 3. The van der Waals surface area contributed by atoms with Gasteiger partial charge in [-0.2, -0.15) is 0 Å². The van der Waals surface area contributed by atoms with Gasteiger partial charge >= 0.3 is 17.9 Å². The van der Waals surface area contributed by atoms with E-state index in [1.165, 1.54) is 6.07 Å². The number of nitrogens with one attached hydrogen (secondary N) is 1. The summed E-state index contributed by atoms with van der Waals surface area (Å²) in [6, 6.07) is 4.74. The van der Waals surface area contributed by atoms with Crippen LogP contribution in [0, 0.1) is 0 Å². The lowest BCUT2D eigenvalue weighted by Crippen LogP contribution is -2.63. The predicted molar refractivity (Wildman–Crippen MR) is 100 cm³/mol. The number of benzene rings is 1. The molecule has 0 aromatic heterocycles. The first-order valence-electron chi connectivity index (χ1n) is 9.05. The number of rotatable bonds is 7. The fourth-order valence-electron chi connectivity index (χ4n) is 2.97. The molecule has 0 amide bonds. The molecule has 5 atom stereocenters. The van der Waals surface area contributed by atoms with Crippen molar-refractivity contribution in [1.82, 2.24) is 0 Å². The van der Waals surface area contributed by atoms with Gasteiger partial charge in [0.05, 0.1) is 19.4 Å². The summed E-state index contributed by atoms with van der Waals surface area (Å²) in [5.74, 6) is -2.24. The van der Waals surface area contributed by atoms with Gasteiger partial charge < -0.3 is 39.2 Å². The van der Waals surface area contributed by atoms with Gasteiger partial charge in [0, 0.05) is 20.9 Å². The molecule has 0 radical (unpaired) electrons.